The summed E-state index contributed by atoms with van der Waals surface area (Å²) in [7, 11) is 0. The van der Waals surface area contributed by atoms with E-state index in [-0.39, 0.29) is 5.41 Å². The SMILES string of the molecule is Brc1ccccc1C1(Cc2cncs2)CNC1. The molecule has 1 N–H and O–H groups in total. The summed E-state index contributed by atoms with van der Waals surface area (Å²) in [5.41, 5.74) is 3.56. The summed E-state index contributed by atoms with van der Waals surface area (Å²) in [5, 5.41) is 3.40. The van der Waals surface area contributed by atoms with Crippen molar-refractivity contribution in [3.63, 3.8) is 0 Å². The van der Waals surface area contributed by atoms with Crippen LogP contribution in [0, 0.1) is 0 Å². The zero-order valence-electron chi connectivity index (χ0n) is 9.32. The smallest absolute Gasteiger partial charge is 0.0794 e. The number of rotatable bonds is 3. The van der Waals surface area contributed by atoms with E-state index < -0.39 is 0 Å². The predicted molar refractivity (Wildman–Crippen MR) is 74.5 cm³/mol. The van der Waals surface area contributed by atoms with Gasteiger partial charge in [-0.25, -0.2) is 0 Å². The number of benzene rings is 1. The fourth-order valence-corrected chi connectivity index (χ4v) is 3.84. The first-order valence-corrected chi connectivity index (χ1v) is 7.31. The molecule has 1 aromatic carbocycles. The average molecular weight is 309 g/mol. The van der Waals surface area contributed by atoms with Gasteiger partial charge in [-0.05, 0) is 18.1 Å². The summed E-state index contributed by atoms with van der Waals surface area (Å²) in [6.45, 7) is 2.10. The molecule has 0 atom stereocenters. The lowest BCUT2D eigenvalue weighted by Gasteiger charge is -2.43. The van der Waals surface area contributed by atoms with Crippen LogP contribution < -0.4 is 5.32 Å². The van der Waals surface area contributed by atoms with Gasteiger partial charge in [0.05, 0.1) is 5.51 Å². The van der Waals surface area contributed by atoms with Gasteiger partial charge in [-0.15, -0.1) is 11.3 Å². The minimum Gasteiger partial charge on any atom is -0.315 e. The molecule has 2 heterocycles. The highest BCUT2D eigenvalue weighted by Crippen LogP contribution is 2.37. The molecule has 4 heteroatoms. The second-order valence-electron chi connectivity index (χ2n) is 4.51. The van der Waals surface area contributed by atoms with Gasteiger partial charge in [-0.1, -0.05) is 34.1 Å². The van der Waals surface area contributed by atoms with Crippen LogP contribution in [0.2, 0.25) is 0 Å². The van der Waals surface area contributed by atoms with Crippen molar-refractivity contribution in [3.05, 3.63) is 50.9 Å². The highest BCUT2D eigenvalue weighted by atomic mass is 79.9. The molecule has 1 fully saturated rings. The third-order valence-corrected chi connectivity index (χ3v) is 4.84. The van der Waals surface area contributed by atoms with Crippen LogP contribution in [0.3, 0.4) is 0 Å². The van der Waals surface area contributed by atoms with Crippen LogP contribution in [-0.4, -0.2) is 18.1 Å². The monoisotopic (exact) mass is 308 g/mol. The molecule has 0 radical (unpaired) electrons. The van der Waals surface area contributed by atoms with Crippen LogP contribution in [-0.2, 0) is 11.8 Å². The van der Waals surface area contributed by atoms with Crippen LogP contribution in [0.25, 0.3) is 0 Å². The molecule has 0 unspecified atom stereocenters. The number of nitrogens with zero attached hydrogens (tertiary/aromatic N) is 1. The molecule has 1 aliphatic heterocycles. The van der Waals surface area contributed by atoms with E-state index in [1.54, 1.807) is 11.3 Å². The predicted octanol–water partition coefficient (Wildman–Crippen LogP) is 2.99. The molecule has 1 aliphatic rings. The van der Waals surface area contributed by atoms with E-state index >= 15 is 0 Å². The van der Waals surface area contributed by atoms with E-state index in [2.05, 4.69) is 50.5 Å². The van der Waals surface area contributed by atoms with Crippen LogP contribution in [0.1, 0.15) is 10.4 Å². The zero-order valence-corrected chi connectivity index (χ0v) is 11.7. The Labute approximate surface area is 113 Å². The topological polar surface area (TPSA) is 24.9 Å². The van der Waals surface area contributed by atoms with Crippen LogP contribution in [0.5, 0.6) is 0 Å². The molecule has 2 aromatic rings. The second kappa shape index (κ2) is 4.52. The number of hydrogen-bond donors (Lipinski definition) is 1. The van der Waals surface area contributed by atoms with Gasteiger partial charge >= 0.3 is 0 Å². The summed E-state index contributed by atoms with van der Waals surface area (Å²) >= 11 is 5.42. The molecule has 0 spiro atoms. The molecular formula is C13H13BrN2S. The molecular weight excluding hydrogens is 296 g/mol. The maximum absolute atomic E-state index is 4.17. The zero-order chi connectivity index (χ0) is 11.7. The Kier molecular flexibility index (Phi) is 3.03. The maximum Gasteiger partial charge on any atom is 0.0794 e. The summed E-state index contributed by atoms with van der Waals surface area (Å²) in [5.74, 6) is 0. The van der Waals surface area contributed by atoms with Crippen molar-refractivity contribution in [3.8, 4) is 0 Å². The van der Waals surface area contributed by atoms with E-state index in [1.807, 2.05) is 11.7 Å². The summed E-state index contributed by atoms with van der Waals surface area (Å²) in [6, 6.07) is 8.54. The number of thiazole rings is 1. The van der Waals surface area contributed by atoms with Crippen molar-refractivity contribution < 1.29 is 0 Å². The molecule has 0 amide bonds. The third-order valence-electron chi connectivity index (χ3n) is 3.37. The van der Waals surface area contributed by atoms with Gasteiger partial charge in [0.15, 0.2) is 0 Å². The molecule has 0 bridgehead atoms. The number of nitrogens with one attached hydrogen (secondary N) is 1. The average Bonchev–Trinajstić information content (AvgIpc) is 2.77. The van der Waals surface area contributed by atoms with Gasteiger partial charge in [0.2, 0.25) is 0 Å². The van der Waals surface area contributed by atoms with E-state index in [0.717, 1.165) is 19.5 Å². The molecule has 0 saturated carbocycles. The lowest BCUT2D eigenvalue weighted by Crippen LogP contribution is -2.58. The Morgan fingerprint density at radius 2 is 2.18 bits per heavy atom. The Morgan fingerprint density at radius 1 is 1.35 bits per heavy atom. The molecule has 3 rings (SSSR count). The Bertz CT molecular complexity index is 506. The normalized spacial score (nSPS) is 17.7. The third kappa shape index (κ3) is 2.05. The summed E-state index contributed by atoms with van der Waals surface area (Å²) in [6.07, 6.45) is 3.06. The fraction of sp³-hybridized carbons (Fsp3) is 0.308. The van der Waals surface area contributed by atoms with Crippen molar-refractivity contribution in [1.82, 2.24) is 10.3 Å². The molecule has 1 saturated heterocycles. The van der Waals surface area contributed by atoms with Gasteiger partial charge < -0.3 is 5.32 Å². The van der Waals surface area contributed by atoms with E-state index in [4.69, 9.17) is 0 Å². The number of hydrogen-bond acceptors (Lipinski definition) is 3. The first-order chi connectivity index (χ1) is 8.30. The van der Waals surface area contributed by atoms with Gasteiger partial charge in [0.1, 0.15) is 0 Å². The van der Waals surface area contributed by atoms with Gasteiger partial charge in [-0.2, -0.15) is 0 Å². The highest BCUT2D eigenvalue weighted by Gasteiger charge is 2.40. The summed E-state index contributed by atoms with van der Waals surface area (Å²) in [4.78, 5) is 5.53. The Morgan fingerprint density at radius 3 is 2.76 bits per heavy atom. The van der Waals surface area contributed by atoms with Crippen LogP contribution in [0.15, 0.2) is 40.4 Å². The first kappa shape index (κ1) is 11.4. The number of aromatic nitrogens is 1. The van der Waals surface area contributed by atoms with Crippen molar-refractivity contribution >= 4 is 27.3 Å². The maximum atomic E-state index is 4.17. The molecule has 2 nitrogen and oxygen atoms in total. The Balaban J connectivity index is 1.95. The lowest BCUT2D eigenvalue weighted by atomic mass is 9.72. The molecule has 1 aromatic heterocycles. The van der Waals surface area contributed by atoms with E-state index in [9.17, 15) is 0 Å². The fourth-order valence-electron chi connectivity index (χ4n) is 2.39. The van der Waals surface area contributed by atoms with Crippen molar-refractivity contribution in [1.29, 1.82) is 0 Å². The minimum atomic E-state index is 0.243. The van der Waals surface area contributed by atoms with Crippen molar-refractivity contribution in [2.75, 3.05) is 13.1 Å². The van der Waals surface area contributed by atoms with Crippen LogP contribution in [0.4, 0.5) is 0 Å². The molecule has 0 aliphatic carbocycles. The molecule has 17 heavy (non-hydrogen) atoms. The van der Waals surface area contributed by atoms with E-state index in [0.29, 0.717) is 0 Å². The van der Waals surface area contributed by atoms with Crippen molar-refractivity contribution in [2.24, 2.45) is 0 Å². The van der Waals surface area contributed by atoms with Crippen LogP contribution >= 0.6 is 27.3 Å². The standard InChI is InChI=1S/C13H13BrN2S/c14-12-4-2-1-3-11(12)13(7-16-8-13)5-10-6-15-9-17-10/h1-4,6,9,16H,5,7-8H2. The Hall–Kier alpha value is -0.710. The quantitative estimate of drug-likeness (QED) is 0.943. The van der Waals surface area contributed by atoms with E-state index in [1.165, 1.54) is 14.9 Å². The molecule has 88 valence electrons. The van der Waals surface area contributed by atoms with Gasteiger partial charge in [0.25, 0.3) is 0 Å². The van der Waals surface area contributed by atoms with Crippen molar-refractivity contribution in [2.45, 2.75) is 11.8 Å². The second-order valence-corrected chi connectivity index (χ2v) is 6.33. The number of halogens is 1. The summed E-state index contributed by atoms with van der Waals surface area (Å²) < 4.78 is 1.21. The highest BCUT2D eigenvalue weighted by molar-refractivity contribution is 9.10. The minimum absolute atomic E-state index is 0.243. The largest absolute Gasteiger partial charge is 0.315 e. The first-order valence-electron chi connectivity index (χ1n) is 5.63. The van der Waals surface area contributed by atoms with Gasteiger partial charge in [-0.3, -0.25) is 4.98 Å². The lowest BCUT2D eigenvalue weighted by molar-refractivity contribution is 0.275. The van der Waals surface area contributed by atoms with Gasteiger partial charge in [0, 0.05) is 34.1 Å².